The van der Waals surface area contributed by atoms with E-state index in [9.17, 15) is 17.8 Å². The molecule has 0 aliphatic carbocycles. The molecule has 0 bridgehead atoms. The molecule has 1 amide bonds. The van der Waals surface area contributed by atoms with Gasteiger partial charge in [0.1, 0.15) is 15.7 Å². The van der Waals surface area contributed by atoms with Crippen LogP contribution in [-0.2, 0) is 17.3 Å². The van der Waals surface area contributed by atoms with Gasteiger partial charge in [0.05, 0.1) is 10.7 Å². The van der Waals surface area contributed by atoms with Crippen molar-refractivity contribution in [3.8, 4) is 0 Å². The number of hydrogen-bond acceptors (Lipinski definition) is 6. The zero-order valence-corrected chi connectivity index (χ0v) is 16.3. The Morgan fingerprint density at radius 3 is 2.33 bits per heavy atom. The highest BCUT2D eigenvalue weighted by Gasteiger charge is 2.21. The fraction of sp³-hybridized carbons (Fsp3) is 0.235. The molecule has 0 saturated carbocycles. The third-order valence-electron chi connectivity index (χ3n) is 3.92. The molecule has 1 atom stereocenters. The Morgan fingerprint density at radius 1 is 1.22 bits per heavy atom. The molecular weight excluding hydrogens is 394 g/mol. The minimum Gasteiger partial charge on any atom is -0.402 e. The van der Waals surface area contributed by atoms with E-state index in [2.05, 4.69) is 5.32 Å². The van der Waals surface area contributed by atoms with Crippen molar-refractivity contribution in [2.75, 3.05) is 11.5 Å². The van der Waals surface area contributed by atoms with Gasteiger partial charge in [-0.3, -0.25) is 4.79 Å². The van der Waals surface area contributed by atoms with Crippen LogP contribution in [0, 0.1) is 0 Å². The molecule has 27 heavy (non-hydrogen) atoms. The summed E-state index contributed by atoms with van der Waals surface area (Å²) >= 11 is 1.07. The summed E-state index contributed by atoms with van der Waals surface area (Å²) in [5, 5.41) is 3.10. The third kappa shape index (κ3) is 4.64. The number of benzene rings is 1. The van der Waals surface area contributed by atoms with Crippen molar-refractivity contribution in [3.63, 3.8) is 0 Å². The monoisotopic (exact) mass is 414 g/mol. The smallest absolute Gasteiger partial charge is 0.316 e. The number of hydrogen-bond donors (Lipinski definition) is 4. The van der Waals surface area contributed by atoms with E-state index in [0.29, 0.717) is 27.4 Å². The number of allylic oxidation sites excluding steroid dienone is 2. The van der Waals surface area contributed by atoms with E-state index in [0.717, 1.165) is 11.3 Å². The van der Waals surface area contributed by atoms with Gasteiger partial charge in [0.15, 0.2) is 0 Å². The van der Waals surface area contributed by atoms with E-state index in [1.54, 1.807) is 13.8 Å². The topological polar surface area (TPSA) is 124 Å². The van der Waals surface area contributed by atoms with Crippen molar-refractivity contribution in [2.24, 2.45) is 5.73 Å². The summed E-state index contributed by atoms with van der Waals surface area (Å²) < 4.78 is 36.2. The zero-order valence-electron chi connectivity index (χ0n) is 14.7. The average molecular weight is 415 g/mol. The first kappa shape index (κ1) is 20.8. The Bertz CT molecular complexity index is 904. The quantitative estimate of drug-likeness (QED) is 0.579. The second kappa shape index (κ2) is 8.49. The number of nitrogens with one attached hydrogen (secondary N) is 1. The van der Waals surface area contributed by atoms with Crippen molar-refractivity contribution in [1.29, 1.82) is 0 Å². The molecule has 1 unspecified atom stereocenters. The van der Waals surface area contributed by atoms with E-state index >= 15 is 0 Å². The summed E-state index contributed by atoms with van der Waals surface area (Å²) in [5.74, 6) is -3.34. The first-order chi connectivity index (χ1) is 12.6. The number of carbonyl (C=O) groups is 1. The van der Waals surface area contributed by atoms with Crippen LogP contribution in [0.4, 0.5) is 19.5 Å². The van der Waals surface area contributed by atoms with Crippen molar-refractivity contribution < 1.29 is 17.8 Å². The maximum absolute atomic E-state index is 12.4. The summed E-state index contributed by atoms with van der Waals surface area (Å²) in [4.78, 5) is 12.7. The van der Waals surface area contributed by atoms with Gasteiger partial charge < -0.3 is 22.5 Å². The number of nitrogens with two attached hydrogens (primary N) is 3. The lowest BCUT2D eigenvalue weighted by atomic mass is 10.1. The SMILES string of the molecule is C/C(N)=C(\C)c1c(N)sc(C(=O)NCc2ccc(S(=O)C(F)F)cc2)c1N. The number of rotatable bonds is 6. The Kier molecular flexibility index (Phi) is 6.55. The van der Waals surface area contributed by atoms with E-state index in [4.69, 9.17) is 17.2 Å². The fourth-order valence-corrected chi connectivity index (χ4v) is 3.89. The fourth-order valence-electron chi connectivity index (χ4n) is 2.32. The van der Waals surface area contributed by atoms with Crippen molar-refractivity contribution >= 4 is 44.3 Å². The van der Waals surface area contributed by atoms with Crippen LogP contribution in [0.25, 0.3) is 5.57 Å². The molecule has 0 fully saturated rings. The van der Waals surface area contributed by atoms with Crippen molar-refractivity contribution in [3.05, 3.63) is 46.0 Å². The van der Waals surface area contributed by atoms with E-state index in [-0.39, 0.29) is 22.0 Å². The lowest BCUT2D eigenvalue weighted by Gasteiger charge is -2.07. The molecule has 6 nitrogen and oxygen atoms in total. The summed E-state index contributed by atoms with van der Waals surface area (Å²) in [6.07, 6.45) is 0. The predicted molar refractivity (Wildman–Crippen MR) is 106 cm³/mol. The Balaban J connectivity index is 2.12. The third-order valence-corrected chi connectivity index (χ3v) is 6.01. The standard InChI is InChI=1S/C17H20F2N4O2S2/c1-8(9(2)20)12-13(21)14(26-15(12)22)16(24)23-7-10-3-5-11(6-4-10)27(25)17(18)19/h3-6,17H,7,20-22H2,1-2H3,(H,23,24)/b9-8-. The van der Waals surface area contributed by atoms with Crippen LogP contribution in [0.2, 0.25) is 0 Å². The van der Waals surface area contributed by atoms with Gasteiger partial charge >= 0.3 is 5.76 Å². The lowest BCUT2D eigenvalue weighted by Crippen LogP contribution is -2.22. The number of nitrogen functional groups attached to an aromatic ring is 2. The second-order valence-corrected chi connectivity index (χ2v) is 8.25. The normalized spacial score (nSPS) is 13.4. The molecule has 1 aromatic heterocycles. The Morgan fingerprint density at radius 2 is 1.81 bits per heavy atom. The molecule has 0 spiro atoms. The Labute approximate surface area is 161 Å². The van der Waals surface area contributed by atoms with Crippen LogP contribution in [0.5, 0.6) is 0 Å². The minimum absolute atomic E-state index is 0.0272. The van der Waals surface area contributed by atoms with Gasteiger partial charge in [0.2, 0.25) is 0 Å². The number of halogens is 2. The molecule has 0 saturated heterocycles. The lowest BCUT2D eigenvalue weighted by molar-refractivity contribution is 0.0955. The number of thiophene rings is 1. The summed E-state index contributed by atoms with van der Waals surface area (Å²) in [6.45, 7) is 3.64. The highest BCUT2D eigenvalue weighted by atomic mass is 32.2. The van der Waals surface area contributed by atoms with E-state index in [1.807, 2.05) is 0 Å². The van der Waals surface area contributed by atoms with Gasteiger partial charge in [0.25, 0.3) is 5.91 Å². The first-order valence-corrected chi connectivity index (χ1v) is 9.83. The van der Waals surface area contributed by atoms with Crippen molar-refractivity contribution in [1.82, 2.24) is 5.32 Å². The largest absolute Gasteiger partial charge is 0.402 e. The molecule has 0 aliphatic heterocycles. The predicted octanol–water partition coefficient (Wildman–Crippen LogP) is 2.88. The van der Waals surface area contributed by atoms with E-state index in [1.165, 1.54) is 24.3 Å². The molecule has 0 radical (unpaired) electrons. The molecule has 2 rings (SSSR count). The maximum Gasteiger partial charge on any atom is 0.316 e. The summed E-state index contributed by atoms with van der Waals surface area (Å²) in [7, 11) is -2.36. The van der Waals surface area contributed by atoms with E-state index < -0.39 is 22.5 Å². The molecule has 2 aromatic rings. The second-order valence-electron chi connectivity index (χ2n) is 5.78. The number of anilines is 2. The van der Waals surface area contributed by atoms with Gasteiger partial charge in [-0.25, -0.2) is 4.21 Å². The van der Waals surface area contributed by atoms with Crippen LogP contribution in [0.1, 0.15) is 34.6 Å². The Hall–Kier alpha value is -2.46. The molecule has 146 valence electrons. The zero-order chi connectivity index (χ0) is 20.3. The molecule has 10 heteroatoms. The molecule has 1 heterocycles. The highest BCUT2D eigenvalue weighted by Crippen LogP contribution is 2.38. The van der Waals surface area contributed by atoms with Gasteiger partial charge in [-0.2, -0.15) is 8.78 Å². The molecule has 7 N–H and O–H groups in total. The maximum atomic E-state index is 12.4. The van der Waals surface area contributed by atoms with Crippen LogP contribution < -0.4 is 22.5 Å². The number of alkyl halides is 2. The first-order valence-electron chi connectivity index (χ1n) is 7.80. The summed E-state index contributed by atoms with van der Waals surface area (Å²) in [5.41, 5.74) is 20.6. The van der Waals surface area contributed by atoms with Gasteiger partial charge in [-0.1, -0.05) is 12.1 Å². The van der Waals surface area contributed by atoms with Crippen LogP contribution in [-0.4, -0.2) is 15.9 Å². The van der Waals surface area contributed by atoms with Gasteiger partial charge in [-0.05, 0) is 37.1 Å². The van der Waals surface area contributed by atoms with Gasteiger partial charge in [-0.15, -0.1) is 11.3 Å². The number of carbonyl (C=O) groups excluding carboxylic acids is 1. The van der Waals surface area contributed by atoms with Crippen molar-refractivity contribution in [2.45, 2.75) is 31.0 Å². The molecular formula is C17H20F2N4O2S2. The van der Waals surface area contributed by atoms with Gasteiger partial charge in [0, 0.05) is 22.7 Å². The van der Waals surface area contributed by atoms with Crippen LogP contribution in [0.3, 0.4) is 0 Å². The molecule has 1 aromatic carbocycles. The van der Waals surface area contributed by atoms with Crippen LogP contribution >= 0.6 is 11.3 Å². The van der Waals surface area contributed by atoms with Crippen LogP contribution in [0.15, 0.2) is 34.9 Å². The summed E-state index contributed by atoms with van der Waals surface area (Å²) in [6, 6.07) is 5.74. The number of amides is 1. The average Bonchev–Trinajstić information content (AvgIpc) is 2.93. The highest BCUT2D eigenvalue weighted by molar-refractivity contribution is 7.85. The molecule has 0 aliphatic rings. The minimum atomic E-state index is -2.94.